The second kappa shape index (κ2) is 7.20. The van der Waals surface area contributed by atoms with Gasteiger partial charge in [0, 0.05) is 25.2 Å². The molecule has 4 aromatic carbocycles. The summed E-state index contributed by atoms with van der Waals surface area (Å²) in [5.74, 6) is 1.92. The summed E-state index contributed by atoms with van der Waals surface area (Å²) in [7, 11) is 4.16. The lowest BCUT2D eigenvalue weighted by Crippen LogP contribution is -1.97. The minimum absolute atomic E-state index is 0.960. The first-order valence-electron chi connectivity index (χ1n) is 10.7. The van der Waals surface area contributed by atoms with Gasteiger partial charge in [-0.15, -0.1) is 0 Å². The Bertz CT molecular complexity index is 1480. The SMILES string of the molecule is Cn1c(-c2ccccc2-c2ccccc2-c2nc3ccccc3n2C)nc2ccccc21. The maximum absolute atomic E-state index is 4.97. The first-order valence-corrected chi connectivity index (χ1v) is 10.7. The molecule has 0 aliphatic carbocycles. The van der Waals surface area contributed by atoms with Gasteiger partial charge in [0.25, 0.3) is 0 Å². The fourth-order valence-electron chi connectivity index (χ4n) is 4.60. The van der Waals surface area contributed by atoms with E-state index >= 15 is 0 Å². The van der Waals surface area contributed by atoms with Crippen molar-refractivity contribution in [2.24, 2.45) is 14.1 Å². The van der Waals surface area contributed by atoms with Crippen LogP contribution < -0.4 is 0 Å². The van der Waals surface area contributed by atoms with Crippen LogP contribution in [0.4, 0.5) is 0 Å². The molecule has 32 heavy (non-hydrogen) atoms. The van der Waals surface area contributed by atoms with Gasteiger partial charge in [0.1, 0.15) is 11.6 Å². The molecular weight excluding hydrogens is 392 g/mol. The summed E-state index contributed by atoms with van der Waals surface area (Å²) in [6.45, 7) is 0. The molecule has 0 aliphatic heterocycles. The number of aromatic nitrogens is 4. The van der Waals surface area contributed by atoms with Gasteiger partial charge in [-0.2, -0.15) is 0 Å². The predicted octanol–water partition coefficient (Wildman–Crippen LogP) is 6.46. The van der Waals surface area contributed by atoms with E-state index in [4.69, 9.17) is 9.97 Å². The molecule has 6 aromatic rings. The maximum atomic E-state index is 4.97. The fraction of sp³-hybridized carbons (Fsp3) is 0.0714. The largest absolute Gasteiger partial charge is 0.327 e. The molecule has 0 spiro atoms. The lowest BCUT2D eigenvalue weighted by molar-refractivity contribution is 0.958. The van der Waals surface area contributed by atoms with Crippen molar-refractivity contribution in [2.75, 3.05) is 0 Å². The van der Waals surface area contributed by atoms with E-state index in [-0.39, 0.29) is 0 Å². The Morgan fingerprint density at radius 2 is 0.781 bits per heavy atom. The van der Waals surface area contributed by atoms with Crippen LogP contribution in [0.2, 0.25) is 0 Å². The zero-order chi connectivity index (χ0) is 21.7. The molecule has 6 rings (SSSR count). The highest BCUT2D eigenvalue weighted by Crippen LogP contribution is 2.38. The third-order valence-electron chi connectivity index (χ3n) is 6.20. The van der Waals surface area contributed by atoms with E-state index in [9.17, 15) is 0 Å². The Hall–Kier alpha value is -4.18. The highest BCUT2D eigenvalue weighted by Gasteiger charge is 2.18. The highest BCUT2D eigenvalue weighted by molar-refractivity contribution is 5.92. The van der Waals surface area contributed by atoms with Gasteiger partial charge in [-0.25, -0.2) is 9.97 Å². The normalized spacial score (nSPS) is 11.4. The molecule has 0 atom stereocenters. The zero-order valence-corrected chi connectivity index (χ0v) is 18.0. The average Bonchev–Trinajstić information content (AvgIpc) is 3.36. The van der Waals surface area contributed by atoms with E-state index < -0.39 is 0 Å². The highest BCUT2D eigenvalue weighted by atomic mass is 15.1. The summed E-state index contributed by atoms with van der Waals surface area (Å²) in [6.07, 6.45) is 0. The van der Waals surface area contributed by atoms with Crippen LogP contribution in [0.3, 0.4) is 0 Å². The van der Waals surface area contributed by atoms with Gasteiger partial charge >= 0.3 is 0 Å². The molecule has 2 heterocycles. The molecule has 0 saturated heterocycles. The van der Waals surface area contributed by atoms with Gasteiger partial charge in [-0.3, -0.25) is 0 Å². The van der Waals surface area contributed by atoms with Crippen molar-refractivity contribution in [3.8, 4) is 33.9 Å². The summed E-state index contributed by atoms with van der Waals surface area (Å²) < 4.78 is 4.34. The predicted molar refractivity (Wildman–Crippen MR) is 131 cm³/mol. The molecule has 0 N–H and O–H groups in total. The van der Waals surface area contributed by atoms with Crippen LogP contribution in [0.15, 0.2) is 97.1 Å². The number of hydrogen-bond acceptors (Lipinski definition) is 2. The number of fused-ring (bicyclic) bond motifs is 2. The number of nitrogens with zero attached hydrogens (tertiary/aromatic N) is 4. The lowest BCUT2D eigenvalue weighted by atomic mass is 9.94. The molecule has 2 aromatic heterocycles. The number of hydrogen-bond donors (Lipinski definition) is 0. The summed E-state index contributed by atoms with van der Waals surface area (Å²) >= 11 is 0. The molecule has 4 heteroatoms. The third-order valence-corrected chi connectivity index (χ3v) is 6.20. The van der Waals surface area contributed by atoms with Gasteiger partial charge in [0.05, 0.1) is 22.1 Å². The lowest BCUT2D eigenvalue weighted by Gasteiger charge is -2.14. The van der Waals surface area contributed by atoms with Crippen LogP contribution in [0.5, 0.6) is 0 Å². The van der Waals surface area contributed by atoms with Gasteiger partial charge in [-0.1, -0.05) is 72.8 Å². The first kappa shape index (κ1) is 18.6. The van der Waals surface area contributed by atoms with Gasteiger partial charge < -0.3 is 9.13 Å². The number of imidazole rings is 2. The first-order chi connectivity index (χ1) is 15.7. The van der Waals surface area contributed by atoms with Crippen molar-refractivity contribution >= 4 is 22.1 Å². The van der Waals surface area contributed by atoms with Crippen LogP contribution in [-0.2, 0) is 14.1 Å². The Morgan fingerprint density at radius 3 is 1.19 bits per heavy atom. The number of aryl methyl sites for hydroxylation is 2. The number of rotatable bonds is 3. The van der Waals surface area contributed by atoms with E-state index in [2.05, 4.69) is 108 Å². The standard InChI is InChI=1S/C28H22N4/c1-31-25-17-9-7-15-23(25)29-27(31)21-13-5-3-11-19(21)20-12-4-6-14-22(20)28-30-24-16-8-10-18-26(24)32(28)2/h3-18H,1-2H3. The topological polar surface area (TPSA) is 35.6 Å². The molecule has 4 nitrogen and oxygen atoms in total. The molecule has 0 unspecified atom stereocenters. The Morgan fingerprint density at radius 1 is 0.438 bits per heavy atom. The van der Waals surface area contributed by atoms with E-state index in [1.54, 1.807) is 0 Å². The average molecular weight is 415 g/mol. The Labute approximate surface area is 186 Å². The molecule has 0 radical (unpaired) electrons. The molecule has 154 valence electrons. The smallest absolute Gasteiger partial charge is 0.141 e. The number of para-hydroxylation sites is 4. The zero-order valence-electron chi connectivity index (χ0n) is 18.0. The molecule has 0 saturated carbocycles. The van der Waals surface area contributed by atoms with Crippen molar-refractivity contribution in [3.05, 3.63) is 97.1 Å². The fourth-order valence-corrected chi connectivity index (χ4v) is 4.60. The van der Waals surface area contributed by atoms with Crippen molar-refractivity contribution in [3.63, 3.8) is 0 Å². The monoisotopic (exact) mass is 414 g/mol. The molecular formula is C28H22N4. The summed E-state index contributed by atoms with van der Waals surface area (Å²) in [5, 5.41) is 0. The van der Waals surface area contributed by atoms with Crippen LogP contribution in [0, 0.1) is 0 Å². The van der Waals surface area contributed by atoms with Gasteiger partial charge in [0.15, 0.2) is 0 Å². The quantitative estimate of drug-likeness (QED) is 0.333. The minimum Gasteiger partial charge on any atom is -0.327 e. The minimum atomic E-state index is 0.960. The van der Waals surface area contributed by atoms with Crippen molar-refractivity contribution in [1.29, 1.82) is 0 Å². The number of benzene rings is 4. The van der Waals surface area contributed by atoms with Crippen LogP contribution >= 0.6 is 0 Å². The van der Waals surface area contributed by atoms with Crippen LogP contribution in [0.1, 0.15) is 0 Å². The van der Waals surface area contributed by atoms with Crippen LogP contribution in [0.25, 0.3) is 56.0 Å². The summed E-state index contributed by atoms with van der Waals surface area (Å²) in [5.41, 5.74) is 8.77. The summed E-state index contributed by atoms with van der Waals surface area (Å²) in [4.78, 5) is 9.93. The van der Waals surface area contributed by atoms with E-state index in [0.717, 1.165) is 56.0 Å². The van der Waals surface area contributed by atoms with Gasteiger partial charge in [-0.05, 0) is 35.4 Å². The second-order valence-corrected chi connectivity index (χ2v) is 8.06. The van der Waals surface area contributed by atoms with E-state index in [1.165, 1.54) is 0 Å². The van der Waals surface area contributed by atoms with Crippen molar-refractivity contribution in [1.82, 2.24) is 19.1 Å². The van der Waals surface area contributed by atoms with Gasteiger partial charge in [0.2, 0.25) is 0 Å². The second-order valence-electron chi connectivity index (χ2n) is 8.06. The molecule has 0 aliphatic rings. The Balaban J connectivity index is 1.60. The third kappa shape index (κ3) is 2.77. The van der Waals surface area contributed by atoms with E-state index in [0.29, 0.717) is 0 Å². The van der Waals surface area contributed by atoms with Crippen LogP contribution in [-0.4, -0.2) is 19.1 Å². The van der Waals surface area contributed by atoms with Crippen molar-refractivity contribution in [2.45, 2.75) is 0 Å². The summed E-state index contributed by atoms with van der Waals surface area (Å²) in [6, 6.07) is 33.5. The molecule has 0 bridgehead atoms. The van der Waals surface area contributed by atoms with Crippen molar-refractivity contribution < 1.29 is 0 Å². The molecule has 0 amide bonds. The maximum Gasteiger partial charge on any atom is 0.141 e. The van der Waals surface area contributed by atoms with E-state index in [1.807, 2.05) is 12.1 Å². The Kier molecular flexibility index (Phi) is 4.18. The molecule has 0 fully saturated rings.